The predicted octanol–water partition coefficient (Wildman–Crippen LogP) is 2.74. The summed E-state index contributed by atoms with van der Waals surface area (Å²) in [6.45, 7) is 0.353. The van der Waals surface area contributed by atoms with E-state index in [-0.39, 0.29) is 11.9 Å². The van der Waals surface area contributed by atoms with Crippen LogP contribution >= 0.6 is 0 Å². The lowest BCUT2D eigenvalue weighted by Gasteiger charge is -2.19. The number of benzene rings is 2. The highest BCUT2D eigenvalue weighted by Gasteiger charge is 2.33. The monoisotopic (exact) mass is 323 g/mol. The fourth-order valence-corrected chi connectivity index (χ4v) is 2.75. The minimum atomic E-state index is -0.563. The van der Waals surface area contributed by atoms with Crippen molar-refractivity contribution in [2.75, 3.05) is 0 Å². The fourth-order valence-electron chi connectivity index (χ4n) is 2.75. The van der Waals surface area contributed by atoms with E-state index in [1.54, 1.807) is 12.1 Å². The summed E-state index contributed by atoms with van der Waals surface area (Å²) < 4.78 is 0. The second-order valence-corrected chi connectivity index (χ2v) is 6.11. The molecule has 0 bridgehead atoms. The summed E-state index contributed by atoms with van der Waals surface area (Å²) in [6.07, 6.45) is 2.30. The van der Waals surface area contributed by atoms with Crippen molar-refractivity contribution in [3.63, 3.8) is 0 Å². The molecule has 0 radical (unpaired) electrons. The van der Waals surface area contributed by atoms with Gasteiger partial charge < -0.3 is 16.4 Å². The Kier molecular flexibility index (Phi) is 4.79. The van der Waals surface area contributed by atoms with Crippen LogP contribution in [0.2, 0.25) is 0 Å². The number of nitrogens with one attached hydrogen (secondary N) is 2. The first-order chi connectivity index (χ1) is 11.6. The number of nitrogens with two attached hydrogens (primary N) is 1. The van der Waals surface area contributed by atoms with Crippen molar-refractivity contribution in [3.8, 4) is 0 Å². The number of urea groups is 1. The second kappa shape index (κ2) is 7.17. The fraction of sp³-hybridized carbons (Fsp3) is 0.263. The molecule has 0 aromatic heterocycles. The molecule has 124 valence electrons. The Morgan fingerprint density at radius 2 is 1.71 bits per heavy atom. The molecule has 0 heterocycles. The van der Waals surface area contributed by atoms with Gasteiger partial charge in [-0.1, -0.05) is 42.5 Å². The Morgan fingerprint density at radius 1 is 1.04 bits per heavy atom. The van der Waals surface area contributed by atoms with Crippen LogP contribution in [0.4, 0.5) is 4.79 Å². The van der Waals surface area contributed by atoms with Crippen LogP contribution in [0.5, 0.6) is 0 Å². The SMILES string of the molecule is NC(=O)NCc1ccc(C(=O)N[C@H](c2ccccc2)C2CC2)cc1. The van der Waals surface area contributed by atoms with Crippen LogP contribution in [-0.2, 0) is 6.54 Å². The van der Waals surface area contributed by atoms with E-state index in [2.05, 4.69) is 22.8 Å². The van der Waals surface area contributed by atoms with Crippen LogP contribution in [0.3, 0.4) is 0 Å². The van der Waals surface area contributed by atoms with E-state index in [1.165, 1.54) is 0 Å². The number of hydrogen-bond acceptors (Lipinski definition) is 2. The Morgan fingerprint density at radius 3 is 2.29 bits per heavy atom. The van der Waals surface area contributed by atoms with Gasteiger partial charge in [0, 0.05) is 12.1 Å². The van der Waals surface area contributed by atoms with E-state index >= 15 is 0 Å². The third kappa shape index (κ3) is 4.13. The lowest BCUT2D eigenvalue weighted by molar-refractivity contribution is 0.0931. The van der Waals surface area contributed by atoms with Gasteiger partial charge in [-0.25, -0.2) is 4.79 Å². The van der Waals surface area contributed by atoms with E-state index in [0.717, 1.165) is 24.0 Å². The summed E-state index contributed by atoms with van der Waals surface area (Å²) in [5.41, 5.74) is 7.70. The minimum Gasteiger partial charge on any atom is -0.352 e. The lowest BCUT2D eigenvalue weighted by atomic mass is 10.0. The second-order valence-electron chi connectivity index (χ2n) is 6.11. The molecule has 0 saturated heterocycles. The number of rotatable bonds is 6. The van der Waals surface area contributed by atoms with E-state index in [0.29, 0.717) is 18.0 Å². The molecule has 4 N–H and O–H groups in total. The molecule has 1 fully saturated rings. The summed E-state index contributed by atoms with van der Waals surface area (Å²) in [7, 11) is 0. The van der Waals surface area contributed by atoms with E-state index in [1.807, 2.05) is 30.3 Å². The van der Waals surface area contributed by atoms with Gasteiger partial charge in [0.25, 0.3) is 5.91 Å². The van der Waals surface area contributed by atoms with E-state index in [9.17, 15) is 9.59 Å². The summed E-state index contributed by atoms with van der Waals surface area (Å²) >= 11 is 0. The predicted molar refractivity (Wildman–Crippen MR) is 92.2 cm³/mol. The van der Waals surface area contributed by atoms with Gasteiger partial charge in [-0.05, 0) is 42.0 Å². The molecule has 3 rings (SSSR count). The van der Waals surface area contributed by atoms with Crippen molar-refractivity contribution in [1.29, 1.82) is 0 Å². The van der Waals surface area contributed by atoms with Crippen LogP contribution in [0, 0.1) is 5.92 Å². The van der Waals surface area contributed by atoms with Crippen LogP contribution in [0.1, 0.15) is 40.4 Å². The van der Waals surface area contributed by atoms with Gasteiger partial charge in [-0.2, -0.15) is 0 Å². The standard InChI is InChI=1S/C19H21N3O2/c20-19(24)21-12-13-6-8-16(9-7-13)18(23)22-17(15-10-11-15)14-4-2-1-3-5-14/h1-9,15,17H,10-12H2,(H,22,23)(H3,20,21,24)/t17-/m1/s1. The number of amides is 3. The van der Waals surface area contributed by atoms with Gasteiger partial charge in [0.1, 0.15) is 0 Å². The third-order valence-corrected chi connectivity index (χ3v) is 4.22. The zero-order valence-electron chi connectivity index (χ0n) is 13.4. The van der Waals surface area contributed by atoms with Crippen LogP contribution in [-0.4, -0.2) is 11.9 Å². The first-order valence-electron chi connectivity index (χ1n) is 8.11. The summed E-state index contributed by atoms with van der Waals surface area (Å²) in [5, 5.41) is 5.68. The molecule has 3 amide bonds. The summed E-state index contributed by atoms with van der Waals surface area (Å²) in [4.78, 5) is 23.3. The Bertz CT molecular complexity index is 709. The maximum absolute atomic E-state index is 12.5. The van der Waals surface area contributed by atoms with Crippen molar-refractivity contribution in [3.05, 3.63) is 71.3 Å². The van der Waals surface area contributed by atoms with Crippen molar-refractivity contribution >= 4 is 11.9 Å². The van der Waals surface area contributed by atoms with E-state index in [4.69, 9.17) is 5.73 Å². The molecule has 0 aliphatic heterocycles. The van der Waals surface area contributed by atoms with Gasteiger partial charge in [0.2, 0.25) is 0 Å². The number of primary amides is 1. The smallest absolute Gasteiger partial charge is 0.312 e. The Hall–Kier alpha value is -2.82. The molecule has 1 aliphatic carbocycles. The Balaban J connectivity index is 1.66. The number of carbonyl (C=O) groups excluding carboxylic acids is 2. The van der Waals surface area contributed by atoms with Gasteiger partial charge >= 0.3 is 6.03 Å². The van der Waals surface area contributed by atoms with Gasteiger partial charge in [0.05, 0.1) is 6.04 Å². The average molecular weight is 323 g/mol. The van der Waals surface area contributed by atoms with Crippen molar-refractivity contribution < 1.29 is 9.59 Å². The number of carbonyl (C=O) groups is 2. The maximum Gasteiger partial charge on any atom is 0.312 e. The third-order valence-electron chi connectivity index (χ3n) is 4.22. The average Bonchev–Trinajstić information content (AvgIpc) is 3.44. The zero-order chi connectivity index (χ0) is 16.9. The van der Waals surface area contributed by atoms with Gasteiger partial charge in [-0.3, -0.25) is 4.79 Å². The molecule has 0 spiro atoms. The molecular weight excluding hydrogens is 302 g/mol. The van der Waals surface area contributed by atoms with Gasteiger partial charge in [0.15, 0.2) is 0 Å². The summed E-state index contributed by atoms with van der Waals surface area (Å²) in [5.74, 6) is 0.445. The maximum atomic E-state index is 12.5. The van der Waals surface area contributed by atoms with Crippen LogP contribution < -0.4 is 16.4 Å². The molecule has 1 saturated carbocycles. The molecule has 2 aromatic rings. The molecule has 0 unspecified atom stereocenters. The highest BCUT2D eigenvalue weighted by molar-refractivity contribution is 5.94. The highest BCUT2D eigenvalue weighted by Crippen LogP contribution is 2.41. The van der Waals surface area contributed by atoms with Crippen molar-refractivity contribution in [1.82, 2.24) is 10.6 Å². The topological polar surface area (TPSA) is 84.2 Å². The Labute approximate surface area is 141 Å². The summed E-state index contributed by atoms with van der Waals surface area (Å²) in [6, 6.07) is 16.8. The number of hydrogen-bond donors (Lipinski definition) is 3. The molecule has 1 aliphatic rings. The minimum absolute atomic E-state index is 0.0647. The highest BCUT2D eigenvalue weighted by atomic mass is 16.2. The molecule has 1 atom stereocenters. The van der Waals surface area contributed by atoms with Crippen LogP contribution in [0.15, 0.2) is 54.6 Å². The molecule has 5 nitrogen and oxygen atoms in total. The zero-order valence-corrected chi connectivity index (χ0v) is 13.4. The molecule has 5 heteroatoms. The van der Waals surface area contributed by atoms with Crippen molar-refractivity contribution in [2.45, 2.75) is 25.4 Å². The first-order valence-corrected chi connectivity index (χ1v) is 8.11. The molecule has 2 aromatic carbocycles. The quantitative estimate of drug-likeness (QED) is 0.763. The normalized spacial score (nSPS) is 14.7. The van der Waals surface area contributed by atoms with Crippen LogP contribution in [0.25, 0.3) is 0 Å². The molecular formula is C19H21N3O2. The van der Waals surface area contributed by atoms with E-state index < -0.39 is 6.03 Å². The first kappa shape index (κ1) is 16.1. The van der Waals surface area contributed by atoms with Crippen molar-refractivity contribution in [2.24, 2.45) is 11.7 Å². The molecule has 24 heavy (non-hydrogen) atoms. The lowest BCUT2D eigenvalue weighted by Crippen LogP contribution is -2.30. The van der Waals surface area contributed by atoms with Gasteiger partial charge in [-0.15, -0.1) is 0 Å². The largest absolute Gasteiger partial charge is 0.352 e.